The van der Waals surface area contributed by atoms with Crippen LogP contribution in [-0.4, -0.2) is 18.3 Å². The van der Waals surface area contributed by atoms with Gasteiger partial charge in [-0.05, 0) is 64.1 Å². The van der Waals surface area contributed by atoms with Crippen molar-refractivity contribution in [3.8, 4) is 0 Å². The molecule has 3 rings (SSSR count). The zero-order valence-corrected chi connectivity index (χ0v) is 13.1. The fourth-order valence-electron chi connectivity index (χ4n) is 2.78. The van der Waals surface area contributed by atoms with Crippen LogP contribution >= 0.6 is 0 Å². The summed E-state index contributed by atoms with van der Waals surface area (Å²) in [4.78, 5) is 0. The van der Waals surface area contributed by atoms with Gasteiger partial charge in [0, 0.05) is 5.54 Å². The van der Waals surface area contributed by atoms with Crippen molar-refractivity contribution in [3.63, 3.8) is 0 Å². The lowest BCUT2D eigenvalue weighted by Gasteiger charge is -2.32. The Morgan fingerprint density at radius 3 is 2.05 bits per heavy atom. The van der Waals surface area contributed by atoms with Crippen LogP contribution in [0.2, 0.25) is 0 Å². The van der Waals surface area contributed by atoms with Crippen molar-refractivity contribution in [2.75, 3.05) is 0 Å². The van der Waals surface area contributed by atoms with E-state index in [0.717, 1.165) is 18.3 Å². The van der Waals surface area contributed by atoms with Gasteiger partial charge in [-0.2, -0.15) is 0 Å². The lowest BCUT2D eigenvalue weighted by atomic mass is 9.77. The molecule has 0 radical (unpaired) electrons. The normalized spacial score (nSPS) is 25.8. The summed E-state index contributed by atoms with van der Waals surface area (Å²) in [5.41, 5.74) is 9.19. The van der Waals surface area contributed by atoms with Gasteiger partial charge in [0.15, 0.2) is 0 Å². The second kappa shape index (κ2) is 4.09. The third-order valence-electron chi connectivity index (χ3n) is 5.10. The first-order valence-corrected chi connectivity index (χ1v) is 7.40. The molecule has 4 heteroatoms. The van der Waals surface area contributed by atoms with Gasteiger partial charge in [-0.3, -0.25) is 0 Å². The Bertz CT molecular complexity index is 533. The molecule has 1 saturated heterocycles. The lowest BCUT2D eigenvalue weighted by molar-refractivity contribution is 0.00578. The monoisotopic (exact) mass is 273 g/mol. The van der Waals surface area contributed by atoms with E-state index < -0.39 is 0 Å². The van der Waals surface area contributed by atoms with Crippen LogP contribution in [0.4, 0.5) is 0 Å². The van der Waals surface area contributed by atoms with Gasteiger partial charge >= 0.3 is 7.12 Å². The van der Waals surface area contributed by atoms with E-state index >= 15 is 0 Å². The molecule has 0 spiro atoms. The molecule has 2 N–H and O–H groups in total. The molecule has 1 heterocycles. The Hall–Kier alpha value is -0.835. The number of benzene rings is 1. The molecule has 1 aromatic rings. The first-order chi connectivity index (χ1) is 9.15. The van der Waals surface area contributed by atoms with Crippen molar-refractivity contribution in [2.45, 2.75) is 64.2 Å². The summed E-state index contributed by atoms with van der Waals surface area (Å²) in [6.45, 7) is 10.4. The fraction of sp³-hybridized carbons (Fsp3) is 0.625. The van der Waals surface area contributed by atoms with Crippen molar-refractivity contribution in [3.05, 3.63) is 29.3 Å². The van der Waals surface area contributed by atoms with Crippen molar-refractivity contribution in [1.29, 1.82) is 0 Å². The van der Waals surface area contributed by atoms with Crippen LogP contribution in [0.15, 0.2) is 18.2 Å². The maximum atomic E-state index is 6.30. The highest BCUT2D eigenvalue weighted by atomic mass is 16.7. The smallest absolute Gasteiger partial charge is 0.399 e. The van der Waals surface area contributed by atoms with Crippen LogP contribution in [-0.2, 0) is 14.8 Å². The molecule has 3 nitrogen and oxygen atoms in total. The van der Waals surface area contributed by atoms with Crippen molar-refractivity contribution >= 4 is 12.6 Å². The molecule has 0 amide bonds. The standard InChI is InChI=1S/C16H24BNO2/c1-11-10-12(6-7-13(11)16(18)8-9-16)17-19-14(2,3)15(4,5)20-17/h6-7,10H,8-9,18H2,1-5H3. The maximum absolute atomic E-state index is 6.30. The first kappa shape index (κ1) is 14.1. The number of nitrogens with two attached hydrogens (primary N) is 1. The number of hydrogen-bond donors (Lipinski definition) is 1. The summed E-state index contributed by atoms with van der Waals surface area (Å²) in [7, 11) is -0.291. The molecule has 1 aromatic carbocycles. The zero-order chi connectivity index (χ0) is 14.8. The minimum atomic E-state index is -0.296. The third kappa shape index (κ3) is 2.10. The van der Waals surface area contributed by atoms with E-state index in [1.165, 1.54) is 11.1 Å². The minimum absolute atomic E-state index is 0.0848. The van der Waals surface area contributed by atoms with Gasteiger partial charge in [-0.1, -0.05) is 18.2 Å². The predicted molar refractivity (Wildman–Crippen MR) is 82.0 cm³/mol. The molecular weight excluding hydrogens is 249 g/mol. The molecule has 1 aliphatic carbocycles. The van der Waals surface area contributed by atoms with Gasteiger partial charge in [0.05, 0.1) is 11.2 Å². The van der Waals surface area contributed by atoms with Crippen molar-refractivity contribution in [1.82, 2.24) is 0 Å². The molecular formula is C16H24BNO2. The zero-order valence-electron chi connectivity index (χ0n) is 13.1. The maximum Gasteiger partial charge on any atom is 0.494 e. The molecule has 0 unspecified atom stereocenters. The summed E-state index contributed by atoms with van der Waals surface area (Å²) in [5, 5.41) is 0. The van der Waals surface area contributed by atoms with E-state index in [1.807, 2.05) is 0 Å². The molecule has 20 heavy (non-hydrogen) atoms. The Balaban J connectivity index is 1.88. The molecule has 2 fully saturated rings. The quantitative estimate of drug-likeness (QED) is 0.840. The van der Waals surface area contributed by atoms with Crippen LogP contribution in [0.5, 0.6) is 0 Å². The molecule has 1 aliphatic heterocycles. The van der Waals surface area contributed by atoms with Gasteiger partial charge in [0.25, 0.3) is 0 Å². The van der Waals surface area contributed by atoms with Gasteiger partial charge in [-0.25, -0.2) is 0 Å². The van der Waals surface area contributed by atoms with Gasteiger partial charge in [0.2, 0.25) is 0 Å². The highest BCUT2D eigenvalue weighted by Gasteiger charge is 2.52. The number of hydrogen-bond acceptors (Lipinski definition) is 3. The molecule has 0 atom stereocenters. The average molecular weight is 273 g/mol. The Morgan fingerprint density at radius 2 is 1.60 bits per heavy atom. The summed E-state index contributed by atoms with van der Waals surface area (Å²) < 4.78 is 12.2. The fourth-order valence-corrected chi connectivity index (χ4v) is 2.78. The number of rotatable bonds is 2. The molecule has 0 bridgehead atoms. The molecule has 0 aromatic heterocycles. The van der Waals surface area contributed by atoms with E-state index in [2.05, 4.69) is 52.8 Å². The van der Waals surface area contributed by atoms with Gasteiger partial charge < -0.3 is 15.0 Å². The van der Waals surface area contributed by atoms with Crippen molar-refractivity contribution in [2.24, 2.45) is 5.73 Å². The van der Waals surface area contributed by atoms with Gasteiger partial charge in [-0.15, -0.1) is 0 Å². The first-order valence-electron chi connectivity index (χ1n) is 7.40. The Morgan fingerprint density at radius 1 is 1.05 bits per heavy atom. The Kier molecular flexibility index (Phi) is 2.89. The van der Waals surface area contributed by atoms with Crippen LogP contribution in [0.25, 0.3) is 0 Å². The van der Waals surface area contributed by atoms with E-state index in [4.69, 9.17) is 15.0 Å². The number of aryl methyl sites for hydroxylation is 1. The highest BCUT2D eigenvalue weighted by Crippen LogP contribution is 2.44. The van der Waals surface area contributed by atoms with Gasteiger partial charge in [0.1, 0.15) is 0 Å². The van der Waals surface area contributed by atoms with E-state index in [1.54, 1.807) is 0 Å². The van der Waals surface area contributed by atoms with Crippen LogP contribution in [0.1, 0.15) is 51.7 Å². The SMILES string of the molecule is Cc1cc(B2OC(C)(C)C(C)(C)O2)ccc1C1(N)CC1. The van der Waals surface area contributed by atoms with Crippen molar-refractivity contribution < 1.29 is 9.31 Å². The summed E-state index contributed by atoms with van der Waals surface area (Å²) in [5.74, 6) is 0. The van der Waals surface area contributed by atoms with Crippen LogP contribution in [0, 0.1) is 6.92 Å². The molecule has 108 valence electrons. The van der Waals surface area contributed by atoms with E-state index in [0.29, 0.717) is 0 Å². The summed E-state index contributed by atoms with van der Waals surface area (Å²) >= 11 is 0. The van der Waals surface area contributed by atoms with Crippen LogP contribution in [0.3, 0.4) is 0 Å². The Labute approximate surface area is 122 Å². The second-order valence-electron chi connectivity index (χ2n) is 7.32. The lowest BCUT2D eigenvalue weighted by Crippen LogP contribution is -2.41. The van der Waals surface area contributed by atoms with E-state index in [9.17, 15) is 0 Å². The predicted octanol–water partition coefficient (Wildman–Crippen LogP) is 2.24. The second-order valence-corrected chi connectivity index (χ2v) is 7.32. The summed E-state index contributed by atoms with van der Waals surface area (Å²) in [6, 6.07) is 6.39. The highest BCUT2D eigenvalue weighted by molar-refractivity contribution is 6.62. The summed E-state index contributed by atoms with van der Waals surface area (Å²) in [6.07, 6.45) is 2.17. The van der Waals surface area contributed by atoms with E-state index in [-0.39, 0.29) is 23.9 Å². The largest absolute Gasteiger partial charge is 0.494 e. The molecule has 2 aliphatic rings. The third-order valence-corrected chi connectivity index (χ3v) is 5.10. The molecule has 1 saturated carbocycles. The van der Waals surface area contributed by atoms with Crippen LogP contribution < -0.4 is 11.2 Å². The minimum Gasteiger partial charge on any atom is -0.399 e. The topological polar surface area (TPSA) is 44.5 Å². The average Bonchev–Trinajstić information content (AvgIpc) is 3.01.